The number of likely N-dealkylation sites (N-methyl/N-ethyl adjacent to an activating group) is 1. The third kappa shape index (κ3) is 6.34. The zero-order valence-electron chi connectivity index (χ0n) is 23.5. The van der Waals surface area contributed by atoms with Crippen LogP contribution in [0.1, 0.15) is 23.2 Å². The number of rotatable bonds is 7. The molecule has 3 atom stereocenters. The number of pyridine rings is 1. The van der Waals surface area contributed by atoms with Crippen LogP contribution in [0.15, 0.2) is 25.0 Å². The molecule has 0 aromatic carbocycles. The highest BCUT2D eigenvalue weighted by Crippen LogP contribution is 2.40. The molecule has 10 nitrogen and oxygen atoms in total. The molecule has 15 heteroatoms. The van der Waals surface area contributed by atoms with Gasteiger partial charge in [0.1, 0.15) is 30.2 Å². The molecule has 0 N–H and O–H groups in total. The van der Waals surface area contributed by atoms with Gasteiger partial charge >= 0.3 is 12.2 Å². The highest BCUT2D eigenvalue weighted by Gasteiger charge is 2.40. The molecule has 0 radical (unpaired) electrons. The molecular formula is C28H31F5N8O2. The van der Waals surface area contributed by atoms with E-state index in [1.165, 1.54) is 11.0 Å². The van der Waals surface area contributed by atoms with Gasteiger partial charge in [-0.05, 0) is 26.0 Å². The Morgan fingerprint density at radius 1 is 1.19 bits per heavy atom. The van der Waals surface area contributed by atoms with Gasteiger partial charge in [-0.1, -0.05) is 6.58 Å². The van der Waals surface area contributed by atoms with Crippen LogP contribution in [0, 0.1) is 12.4 Å². The number of carbonyl (C=O) groups is 1. The van der Waals surface area contributed by atoms with Crippen LogP contribution in [0.5, 0.6) is 6.01 Å². The van der Waals surface area contributed by atoms with E-state index in [9.17, 15) is 26.7 Å². The van der Waals surface area contributed by atoms with Gasteiger partial charge in [0.05, 0.1) is 30.3 Å². The fourth-order valence-electron chi connectivity index (χ4n) is 5.96. The third-order valence-electron chi connectivity index (χ3n) is 8.11. The lowest BCUT2D eigenvalue weighted by Gasteiger charge is -2.41. The van der Waals surface area contributed by atoms with Gasteiger partial charge in [-0.2, -0.15) is 23.1 Å². The second-order valence-corrected chi connectivity index (χ2v) is 10.9. The average Bonchev–Trinajstić information content (AvgIpc) is 3.30. The van der Waals surface area contributed by atoms with Crippen molar-refractivity contribution < 1.29 is 31.5 Å². The first kappa shape index (κ1) is 30.4. The molecule has 43 heavy (non-hydrogen) atoms. The summed E-state index contributed by atoms with van der Waals surface area (Å²) in [6.07, 6.45) is -2.66. The predicted molar refractivity (Wildman–Crippen MR) is 147 cm³/mol. The molecule has 5 rings (SSSR count). The number of nitrogens with zero attached hydrogens (tertiary/aromatic N) is 8. The number of halogens is 5. The van der Waals surface area contributed by atoms with Gasteiger partial charge in [0, 0.05) is 44.3 Å². The number of anilines is 2. The first-order valence-corrected chi connectivity index (χ1v) is 13.8. The zero-order chi connectivity index (χ0) is 30.9. The number of amides is 1. The van der Waals surface area contributed by atoms with Crippen LogP contribution in [0.4, 0.5) is 33.5 Å². The van der Waals surface area contributed by atoms with Gasteiger partial charge in [0.25, 0.3) is 0 Å². The normalized spacial score (nSPS) is 22.7. The number of hydrogen-bond donors (Lipinski definition) is 0. The summed E-state index contributed by atoms with van der Waals surface area (Å²) < 4.78 is 75.7. The predicted octanol–water partition coefficient (Wildman–Crippen LogP) is 3.14. The largest absolute Gasteiger partial charge is 0.462 e. The quantitative estimate of drug-likeness (QED) is 0.270. The molecule has 3 aliphatic rings. The first-order chi connectivity index (χ1) is 20.5. The minimum Gasteiger partial charge on any atom is -0.462 e. The van der Waals surface area contributed by atoms with Crippen molar-refractivity contribution in [3.63, 3.8) is 0 Å². The standard InChI is InChI=1S/C28H31F5N8O2/c1-4-24(42)41-8-7-40(14-19(41)10-34-2)26-20-5-6-39(23-12-35-11-21(30)25(23)28(31,32)33)15-22(20)36-27(37-26)43-16-18-9-17(29)13-38(18)3/h4,11-12,17-19H,1,5-10,13-16H2,3H3/t17-,18+,19+/m1/s1. The van der Waals surface area contributed by atoms with E-state index in [4.69, 9.17) is 11.3 Å². The Labute approximate surface area is 245 Å². The number of ether oxygens (including phenoxy) is 1. The molecule has 2 fully saturated rings. The number of fused-ring (bicyclic) bond motifs is 1. The van der Waals surface area contributed by atoms with Crippen LogP contribution < -0.4 is 14.5 Å². The monoisotopic (exact) mass is 606 g/mol. The van der Waals surface area contributed by atoms with Crippen LogP contribution in [-0.4, -0.2) is 102 Å². The minimum absolute atomic E-state index is 0.0222. The van der Waals surface area contributed by atoms with Crippen molar-refractivity contribution in [1.29, 1.82) is 0 Å². The van der Waals surface area contributed by atoms with E-state index in [0.29, 0.717) is 36.4 Å². The molecule has 0 spiro atoms. The summed E-state index contributed by atoms with van der Waals surface area (Å²) >= 11 is 0. The molecule has 2 aromatic rings. The average molecular weight is 607 g/mol. The van der Waals surface area contributed by atoms with Crippen LogP contribution in [-0.2, 0) is 23.9 Å². The topological polar surface area (TPSA) is 82.3 Å². The Balaban J connectivity index is 1.49. The van der Waals surface area contributed by atoms with Crippen molar-refractivity contribution >= 4 is 17.4 Å². The van der Waals surface area contributed by atoms with E-state index in [1.807, 2.05) is 9.80 Å². The highest BCUT2D eigenvalue weighted by atomic mass is 19.4. The zero-order valence-corrected chi connectivity index (χ0v) is 23.5. The van der Waals surface area contributed by atoms with Crippen molar-refractivity contribution in [1.82, 2.24) is 24.8 Å². The van der Waals surface area contributed by atoms with E-state index in [1.54, 1.807) is 11.9 Å². The molecule has 2 saturated heterocycles. The lowest BCUT2D eigenvalue weighted by molar-refractivity contribution is -0.139. The lowest BCUT2D eigenvalue weighted by Crippen LogP contribution is -2.56. The number of aromatic nitrogens is 3. The molecule has 0 unspecified atom stereocenters. The number of piperazine rings is 1. The maximum Gasteiger partial charge on any atom is 0.421 e. The molecule has 5 heterocycles. The summed E-state index contributed by atoms with van der Waals surface area (Å²) in [6.45, 7) is 12.4. The maximum atomic E-state index is 14.3. The van der Waals surface area contributed by atoms with Gasteiger partial charge in [-0.3, -0.25) is 14.7 Å². The molecule has 0 aliphatic carbocycles. The van der Waals surface area contributed by atoms with Crippen LogP contribution in [0.2, 0.25) is 0 Å². The van der Waals surface area contributed by atoms with Gasteiger partial charge < -0.3 is 24.3 Å². The van der Waals surface area contributed by atoms with Gasteiger partial charge in [0.2, 0.25) is 12.5 Å². The van der Waals surface area contributed by atoms with E-state index in [-0.39, 0.29) is 70.1 Å². The second kappa shape index (κ2) is 12.3. The Morgan fingerprint density at radius 3 is 2.65 bits per heavy atom. The van der Waals surface area contributed by atoms with Crippen molar-refractivity contribution in [2.45, 2.75) is 43.8 Å². The fourth-order valence-corrected chi connectivity index (χ4v) is 5.96. The third-order valence-corrected chi connectivity index (χ3v) is 8.11. The highest BCUT2D eigenvalue weighted by molar-refractivity contribution is 5.87. The van der Waals surface area contributed by atoms with E-state index < -0.39 is 35.5 Å². The van der Waals surface area contributed by atoms with Crippen molar-refractivity contribution in [2.24, 2.45) is 0 Å². The fraction of sp³-hybridized carbons (Fsp3) is 0.536. The summed E-state index contributed by atoms with van der Waals surface area (Å²) in [5.41, 5.74) is -0.700. The van der Waals surface area contributed by atoms with Crippen molar-refractivity contribution in [3.05, 3.63) is 59.1 Å². The van der Waals surface area contributed by atoms with Crippen LogP contribution >= 0.6 is 0 Å². The molecule has 1 amide bonds. The minimum atomic E-state index is -4.93. The number of carbonyl (C=O) groups excluding carboxylic acids is 1. The molecule has 0 bridgehead atoms. The molecule has 2 aromatic heterocycles. The molecule has 0 saturated carbocycles. The lowest BCUT2D eigenvalue weighted by atomic mass is 10.0. The summed E-state index contributed by atoms with van der Waals surface area (Å²) in [5, 5.41) is 0. The second-order valence-electron chi connectivity index (χ2n) is 10.9. The number of likely N-dealkylation sites (tertiary alicyclic amines) is 1. The first-order valence-electron chi connectivity index (χ1n) is 13.8. The molecule has 230 valence electrons. The van der Waals surface area contributed by atoms with Gasteiger partial charge in [0.15, 0.2) is 5.82 Å². The van der Waals surface area contributed by atoms with Gasteiger partial charge in [-0.25, -0.2) is 15.4 Å². The number of hydrogen-bond acceptors (Lipinski definition) is 8. The molecular weight excluding hydrogens is 575 g/mol. The summed E-state index contributed by atoms with van der Waals surface area (Å²) in [4.78, 5) is 35.5. The Hall–Kier alpha value is -4.06. The Kier molecular flexibility index (Phi) is 8.68. The summed E-state index contributed by atoms with van der Waals surface area (Å²) in [6, 6.07) is -0.669. The summed E-state index contributed by atoms with van der Waals surface area (Å²) in [7, 11) is 1.79. The van der Waals surface area contributed by atoms with Crippen molar-refractivity contribution in [3.8, 4) is 6.01 Å². The molecule has 3 aliphatic heterocycles. The summed E-state index contributed by atoms with van der Waals surface area (Å²) in [5.74, 6) is -1.25. The SMILES string of the molecule is [C-]#[N+]C[C@H]1CN(c2nc(OC[C@@H]3C[C@@H](F)CN3C)nc3c2CCN(c2cncc(F)c2C(F)(F)F)C3)CCN1C(=O)C=C. The van der Waals surface area contributed by atoms with Crippen LogP contribution in [0.25, 0.3) is 4.85 Å². The van der Waals surface area contributed by atoms with E-state index in [0.717, 1.165) is 6.20 Å². The number of alkyl halides is 4. The Bertz CT molecular complexity index is 1420. The van der Waals surface area contributed by atoms with E-state index >= 15 is 0 Å². The maximum absolute atomic E-state index is 14.3. The van der Waals surface area contributed by atoms with E-state index in [2.05, 4.69) is 26.4 Å². The van der Waals surface area contributed by atoms with Gasteiger partial charge in [-0.15, -0.1) is 0 Å². The van der Waals surface area contributed by atoms with Crippen LogP contribution in [0.3, 0.4) is 0 Å². The van der Waals surface area contributed by atoms with Crippen molar-refractivity contribution in [2.75, 3.05) is 62.7 Å². The smallest absolute Gasteiger partial charge is 0.421 e. The Morgan fingerprint density at radius 2 is 1.98 bits per heavy atom.